The van der Waals surface area contributed by atoms with Gasteiger partial charge in [0.15, 0.2) is 6.61 Å². The average molecular weight is 361 g/mol. The standard InChI is InChI=1S/C21H19N3O3/c25-20-13-27-19-12-16(8-9-18(19)24-20)23-21(26)22-11-10-15-6-3-5-14-4-1-2-7-17(14)15/h1-9,12H,10-11,13H2,(H,24,25)(H2,22,23,26). The molecule has 0 aliphatic carbocycles. The number of hydrogen-bond donors (Lipinski definition) is 3. The summed E-state index contributed by atoms with van der Waals surface area (Å²) in [6, 6.07) is 19.2. The van der Waals surface area contributed by atoms with Crippen LogP contribution in [0.4, 0.5) is 16.2 Å². The largest absolute Gasteiger partial charge is 0.482 e. The zero-order valence-corrected chi connectivity index (χ0v) is 14.6. The lowest BCUT2D eigenvalue weighted by molar-refractivity contribution is -0.118. The Morgan fingerprint density at radius 3 is 2.85 bits per heavy atom. The van der Waals surface area contributed by atoms with Crippen molar-refractivity contribution >= 4 is 34.1 Å². The number of carbonyl (C=O) groups excluding carboxylic acids is 2. The third kappa shape index (κ3) is 3.84. The van der Waals surface area contributed by atoms with Gasteiger partial charge in [0, 0.05) is 18.3 Å². The van der Waals surface area contributed by atoms with Crippen LogP contribution < -0.4 is 20.7 Å². The first-order valence-corrected chi connectivity index (χ1v) is 8.77. The zero-order valence-electron chi connectivity index (χ0n) is 14.6. The molecular weight excluding hydrogens is 342 g/mol. The molecule has 0 radical (unpaired) electrons. The van der Waals surface area contributed by atoms with E-state index in [-0.39, 0.29) is 18.5 Å². The first kappa shape index (κ1) is 16.9. The monoisotopic (exact) mass is 361 g/mol. The molecule has 136 valence electrons. The summed E-state index contributed by atoms with van der Waals surface area (Å²) in [5.41, 5.74) is 2.41. The number of carbonyl (C=O) groups is 2. The lowest BCUT2D eigenvalue weighted by atomic mass is 10.0. The molecule has 3 amide bonds. The zero-order chi connectivity index (χ0) is 18.6. The summed E-state index contributed by atoms with van der Waals surface area (Å²) in [5, 5.41) is 10.8. The summed E-state index contributed by atoms with van der Waals surface area (Å²) in [5.74, 6) is 0.359. The molecule has 0 saturated carbocycles. The Labute approximate surface area is 156 Å². The summed E-state index contributed by atoms with van der Waals surface area (Å²) in [7, 11) is 0. The molecule has 27 heavy (non-hydrogen) atoms. The number of benzene rings is 3. The van der Waals surface area contributed by atoms with Gasteiger partial charge in [-0.05, 0) is 34.9 Å². The van der Waals surface area contributed by atoms with Crippen molar-refractivity contribution in [3.63, 3.8) is 0 Å². The third-order valence-corrected chi connectivity index (χ3v) is 4.43. The van der Waals surface area contributed by atoms with E-state index in [1.54, 1.807) is 18.2 Å². The highest BCUT2D eigenvalue weighted by Crippen LogP contribution is 2.30. The number of ether oxygens (including phenoxy) is 1. The minimum Gasteiger partial charge on any atom is -0.482 e. The lowest BCUT2D eigenvalue weighted by Crippen LogP contribution is -2.30. The average Bonchev–Trinajstić information content (AvgIpc) is 2.68. The van der Waals surface area contributed by atoms with Gasteiger partial charge in [-0.25, -0.2) is 4.79 Å². The van der Waals surface area contributed by atoms with Gasteiger partial charge in [0.05, 0.1) is 5.69 Å². The molecule has 0 saturated heterocycles. The van der Waals surface area contributed by atoms with Crippen LogP contribution in [0.15, 0.2) is 60.7 Å². The molecule has 0 unspecified atom stereocenters. The highest BCUT2D eigenvalue weighted by atomic mass is 16.5. The van der Waals surface area contributed by atoms with Crippen molar-refractivity contribution in [1.82, 2.24) is 5.32 Å². The Bertz CT molecular complexity index is 1010. The van der Waals surface area contributed by atoms with E-state index in [0.717, 1.165) is 6.42 Å². The topological polar surface area (TPSA) is 79.5 Å². The van der Waals surface area contributed by atoms with Crippen molar-refractivity contribution in [3.8, 4) is 5.75 Å². The maximum atomic E-state index is 12.2. The van der Waals surface area contributed by atoms with E-state index in [0.29, 0.717) is 23.7 Å². The van der Waals surface area contributed by atoms with Gasteiger partial charge in [0.2, 0.25) is 0 Å². The van der Waals surface area contributed by atoms with Gasteiger partial charge in [0.1, 0.15) is 5.75 Å². The molecule has 6 heteroatoms. The van der Waals surface area contributed by atoms with Crippen LogP contribution in [0, 0.1) is 0 Å². The first-order chi connectivity index (χ1) is 13.2. The molecule has 1 aliphatic rings. The van der Waals surface area contributed by atoms with Gasteiger partial charge in [-0.3, -0.25) is 4.79 Å². The maximum absolute atomic E-state index is 12.2. The van der Waals surface area contributed by atoms with Crippen LogP contribution in [-0.4, -0.2) is 25.1 Å². The summed E-state index contributed by atoms with van der Waals surface area (Å²) in [4.78, 5) is 23.4. The molecule has 3 aromatic rings. The molecule has 1 heterocycles. The Balaban J connectivity index is 1.34. The van der Waals surface area contributed by atoms with E-state index >= 15 is 0 Å². The molecule has 1 aliphatic heterocycles. The van der Waals surface area contributed by atoms with Gasteiger partial charge in [-0.1, -0.05) is 42.5 Å². The molecular formula is C21H19N3O3. The van der Waals surface area contributed by atoms with Gasteiger partial charge in [-0.15, -0.1) is 0 Å². The van der Waals surface area contributed by atoms with Gasteiger partial charge in [-0.2, -0.15) is 0 Å². The summed E-state index contributed by atoms with van der Waals surface area (Å²) < 4.78 is 5.35. The second kappa shape index (κ2) is 7.37. The third-order valence-electron chi connectivity index (χ3n) is 4.43. The molecule has 0 fully saturated rings. The molecule has 0 spiro atoms. The maximum Gasteiger partial charge on any atom is 0.319 e. The smallest absolute Gasteiger partial charge is 0.319 e. The molecule has 3 aromatic carbocycles. The van der Waals surface area contributed by atoms with Crippen molar-refractivity contribution in [3.05, 3.63) is 66.2 Å². The number of rotatable bonds is 4. The predicted octanol–water partition coefficient (Wildman–Crippen LogP) is 3.53. The second-order valence-corrected chi connectivity index (χ2v) is 6.32. The second-order valence-electron chi connectivity index (χ2n) is 6.32. The Kier molecular flexibility index (Phi) is 4.61. The number of anilines is 2. The number of amides is 3. The molecule has 6 nitrogen and oxygen atoms in total. The minimum absolute atomic E-state index is 0.0202. The van der Waals surface area contributed by atoms with Gasteiger partial charge < -0.3 is 20.7 Å². The van der Waals surface area contributed by atoms with Crippen LogP contribution in [0.25, 0.3) is 10.8 Å². The molecule has 4 rings (SSSR count). The minimum atomic E-state index is -0.282. The van der Waals surface area contributed by atoms with Gasteiger partial charge >= 0.3 is 6.03 Å². The number of urea groups is 1. The van der Waals surface area contributed by atoms with Crippen molar-refractivity contribution in [1.29, 1.82) is 0 Å². The fraction of sp³-hybridized carbons (Fsp3) is 0.143. The van der Waals surface area contributed by atoms with Crippen LogP contribution in [-0.2, 0) is 11.2 Å². The van der Waals surface area contributed by atoms with Crippen LogP contribution in [0.3, 0.4) is 0 Å². The van der Waals surface area contributed by atoms with Crippen molar-refractivity contribution < 1.29 is 14.3 Å². The molecule has 3 N–H and O–H groups in total. The molecule has 0 atom stereocenters. The van der Waals surface area contributed by atoms with E-state index in [4.69, 9.17) is 4.74 Å². The Hall–Kier alpha value is -3.54. The van der Waals surface area contributed by atoms with E-state index < -0.39 is 0 Å². The van der Waals surface area contributed by atoms with E-state index in [1.807, 2.05) is 18.2 Å². The summed E-state index contributed by atoms with van der Waals surface area (Å²) >= 11 is 0. The number of hydrogen-bond acceptors (Lipinski definition) is 3. The number of nitrogens with one attached hydrogen (secondary N) is 3. The fourth-order valence-electron chi connectivity index (χ4n) is 3.15. The fourth-order valence-corrected chi connectivity index (χ4v) is 3.15. The highest BCUT2D eigenvalue weighted by molar-refractivity contribution is 5.96. The highest BCUT2D eigenvalue weighted by Gasteiger charge is 2.16. The van der Waals surface area contributed by atoms with Crippen molar-refractivity contribution in [2.45, 2.75) is 6.42 Å². The normalized spacial score (nSPS) is 12.7. The quantitative estimate of drug-likeness (QED) is 0.665. The molecule has 0 aromatic heterocycles. The Morgan fingerprint density at radius 1 is 1.07 bits per heavy atom. The predicted molar refractivity (Wildman–Crippen MR) is 105 cm³/mol. The van der Waals surface area contributed by atoms with Crippen molar-refractivity contribution in [2.75, 3.05) is 23.8 Å². The van der Waals surface area contributed by atoms with Gasteiger partial charge in [0.25, 0.3) is 5.91 Å². The summed E-state index contributed by atoms with van der Waals surface area (Å²) in [6.45, 7) is 0.505. The van der Waals surface area contributed by atoms with Crippen LogP contribution in [0.5, 0.6) is 5.75 Å². The molecule has 0 bridgehead atoms. The van der Waals surface area contributed by atoms with Crippen LogP contribution >= 0.6 is 0 Å². The lowest BCUT2D eigenvalue weighted by Gasteiger charge is -2.18. The Morgan fingerprint density at radius 2 is 1.93 bits per heavy atom. The van der Waals surface area contributed by atoms with Crippen LogP contribution in [0.1, 0.15) is 5.56 Å². The van der Waals surface area contributed by atoms with E-state index in [9.17, 15) is 9.59 Å². The summed E-state index contributed by atoms with van der Waals surface area (Å²) in [6.07, 6.45) is 0.744. The first-order valence-electron chi connectivity index (χ1n) is 8.77. The van der Waals surface area contributed by atoms with E-state index in [1.165, 1.54) is 16.3 Å². The SMILES string of the molecule is O=C1COc2cc(NC(=O)NCCc3cccc4ccccc34)ccc2N1. The van der Waals surface area contributed by atoms with Crippen LogP contribution in [0.2, 0.25) is 0 Å². The number of fused-ring (bicyclic) bond motifs is 2. The van der Waals surface area contributed by atoms with Crippen molar-refractivity contribution in [2.24, 2.45) is 0 Å². The van der Waals surface area contributed by atoms with E-state index in [2.05, 4.69) is 40.2 Å².